The largest absolute Gasteiger partial charge is 0.368 e. The number of nitrogens with two attached hydrogens (primary N) is 1. The molecule has 1 amide bonds. The lowest BCUT2D eigenvalue weighted by Gasteiger charge is -2.36. The highest BCUT2D eigenvalue weighted by atomic mass is 35.5. The van der Waals surface area contributed by atoms with Gasteiger partial charge in [-0.15, -0.1) is 0 Å². The Morgan fingerprint density at radius 2 is 1.75 bits per heavy atom. The summed E-state index contributed by atoms with van der Waals surface area (Å²) >= 11 is 6.08. The second kappa shape index (κ2) is 11.1. The van der Waals surface area contributed by atoms with Crippen molar-refractivity contribution in [3.05, 3.63) is 41.2 Å². The number of carbonyl (C=O) groups is 1. The minimum atomic E-state index is -0.0644. The van der Waals surface area contributed by atoms with Gasteiger partial charge in [0.2, 0.25) is 11.9 Å². The molecule has 1 atom stereocenters. The summed E-state index contributed by atoms with van der Waals surface area (Å²) in [6, 6.07) is 7.60. The molecule has 7 heteroatoms. The van der Waals surface area contributed by atoms with Gasteiger partial charge in [0, 0.05) is 29.7 Å². The zero-order valence-electron chi connectivity index (χ0n) is 18.8. The van der Waals surface area contributed by atoms with Gasteiger partial charge in [0.25, 0.3) is 0 Å². The lowest BCUT2D eigenvalue weighted by atomic mass is 9.93. The molecule has 0 saturated carbocycles. The van der Waals surface area contributed by atoms with Crippen LogP contribution in [0.4, 0.5) is 5.95 Å². The zero-order valence-corrected chi connectivity index (χ0v) is 19.6. The summed E-state index contributed by atoms with van der Waals surface area (Å²) in [6.45, 7) is 4.13. The predicted molar refractivity (Wildman–Crippen MR) is 129 cm³/mol. The number of halogens is 1. The van der Waals surface area contributed by atoms with Crippen LogP contribution in [0.2, 0.25) is 5.02 Å². The van der Waals surface area contributed by atoms with E-state index in [-0.39, 0.29) is 17.9 Å². The van der Waals surface area contributed by atoms with Gasteiger partial charge >= 0.3 is 0 Å². The molecule has 0 spiro atoms. The number of hydrogen-bond acceptors (Lipinski definition) is 5. The molecular weight excluding hydrogens is 422 g/mol. The standard InChI is InChI=1S/C25H34ClN5O/c26-20-12-10-19(11-13-20)21-18-28-25(27)29-24(21)22-8-3-6-17-31(22)23(32)9-7-16-30-14-4-1-2-5-15-30/h10-13,18,22H,1-9,14-17H2,(H2,27,28,29)/t22-/m1/s1. The highest BCUT2D eigenvalue weighted by molar-refractivity contribution is 6.30. The molecule has 2 fully saturated rings. The summed E-state index contributed by atoms with van der Waals surface area (Å²) in [5, 5.41) is 0.686. The van der Waals surface area contributed by atoms with Gasteiger partial charge < -0.3 is 15.5 Å². The highest BCUT2D eigenvalue weighted by Gasteiger charge is 2.31. The molecule has 3 heterocycles. The van der Waals surface area contributed by atoms with Crippen LogP contribution in [0.5, 0.6) is 0 Å². The van der Waals surface area contributed by atoms with Crippen LogP contribution in [0.25, 0.3) is 11.1 Å². The Labute approximate surface area is 196 Å². The molecule has 1 aromatic carbocycles. The van der Waals surface area contributed by atoms with Crippen molar-refractivity contribution < 1.29 is 4.79 Å². The number of amides is 1. The molecule has 2 saturated heterocycles. The molecule has 0 unspecified atom stereocenters. The SMILES string of the molecule is Nc1ncc(-c2ccc(Cl)cc2)c([C@H]2CCCCN2C(=O)CCCN2CCCCCC2)n1. The Balaban J connectivity index is 1.48. The maximum Gasteiger partial charge on any atom is 0.223 e. The van der Waals surface area contributed by atoms with Crippen molar-refractivity contribution in [3.8, 4) is 11.1 Å². The number of anilines is 1. The zero-order chi connectivity index (χ0) is 22.3. The molecule has 32 heavy (non-hydrogen) atoms. The monoisotopic (exact) mass is 455 g/mol. The van der Waals surface area contributed by atoms with Crippen LogP contribution in [0.1, 0.15) is 69.5 Å². The van der Waals surface area contributed by atoms with Crippen molar-refractivity contribution in [1.82, 2.24) is 19.8 Å². The Hall–Kier alpha value is -2.18. The lowest BCUT2D eigenvalue weighted by Crippen LogP contribution is -2.39. The van der Waals surface area contributed by atoms with Crippen LogP contribution < -0.4 is 5.73 Å². The van der Waals surface area contributed by atoms with Gasteiger partial charge in [-0.3, -0.25) is 4.79 Å². The van der Waals surface area contributed by atoms with Gasteiger partial charge in [-0.05, 0) is 75.9 Å². The topological polar surface area (TPSA) is 75.3 Å². The van der Waals surface area contributed by atoms with Crippen LogP contribution >= 0.6 is 11.6 Å². The molecule has 172 valence electrons. The smallest absolute Gasteiger partial charge is 0.223 e. The van der Waals surface area contributed by atoms with E-state index in [0.717, 1.165) is 55.6 Å². The number of likely N-dealkylation sites (tertiary alicyclic amines) is 2. The van der Waals surface area contributed by atoms with Crippen LogP contribution in [0, 0.1) is 0 Å². The first kappa shape index (κ1) is 23.0. The third-order valence-corrected chi connectivity index (χ3v) is 6.95. The fourth-order valence-corrected chi connectivity index (χ4v) is 5.11. The number of hydrogen-bond donors (Lipinski definition) is 1. The highest BCUT2D eigenvalue weighted by Crippen LogP contribution is 2.36. The molecule has 2 aliphatic rings. The number of piperidine rings is 1. The van der Waals surface area contributed by atoms with Crippen LogP contribution in [-0.2, 0) is 4.79 Å². The average Bonchev–Trinajstić information content (AvgIpc) is 3.08. The van der Waals surface area contributed by atoms with Crippen molar-refractivity contribution in [1.29, 1.82) is 0 Å². The Morgan fingerprint density at radius 1 is 1.03 bits per heavy atom. The average molecular weight is 456 g/mol. The van der Waals surface area contributed by atoms with E-state index in [1.807, 2.05) is 29.2 Å². The lowest BCUT2D eigenvalue weighted by molar-refractivity contribution is -0.135. The number of benzene rings is 1. The Morgan fingerprint density at radius 3 is 2.50 bits per heavy atom. The molecule has 0 radical (unpaired) electrons. The van der Waals surface area contributed by atoms with Crippen molar-refractivity contribution in [3.63, 3.8) is 0 Å². The number of nitrogens with zero attached hydrogens (tertiary/aromatic N) is 4. The van der Waals surface area contributed by atoms with Crippen LogP contribution in [0.15, 0.2) is 30.5 Å². The quantitative estimate of drug-likeness (QED) is 0.656. The van der Waals surface area contributed by atoms with E-state index in [4.69, 9.17) is 17.3 Å². The second-order valence-electron chi connectivity index (χ2n) is 8.99. The molecule has 2 aromatic rings. The predicted octanol–water partition coefficient (Wildman–Crippen LogP) is 5.09. The summed E-state index contributed by atoms with van der Waals surface area (Å²) in [5.74, 6) is 0.473. The minimum Gasteiger partial charge on any atom is -0.368 e. The van der Waals surface area contributed by atoms with Crippen molar-refractivity contribution in [2.75, 3.05) is 31.9 Å². The van der Waals surface area contributed by atoms with E-state index in [2.05, 4.69) is 14.9 Å². The van der Waals surface area contributed by atoms with E-state index in [1.54, 1.807) is 6.20 Å². The number of carbonyl (C=O) groups excluding carboxylic acids is 1. The number of rotatable bonds is 6. The van der Waals surface area contributed by atoms with Crippen molar-refractivity contribution >= 4 is 23.5 Å². The third kappa shape index (κ3) is 5.78. The summed E-state index contributed by atoms with van der Waals surface area (Å²) in [7, 11) is 0. The van der Waals surface area contributed by atoms with E-state index < -0.39 is 0 Å². The molecule has 0 aliphatic carbocycles. The molecule has 2 N–H and O–H groups in total. The molecule has 2 aliphatic heterocycles. The summed E-state index contributed by atoms with van der Waals surface area (Å²) < 4.78 is 0. The molecule has 0 bridgehead atoms. The normalized spacial score (nSPS) is 20.2. The summed E-state index contributed by atoms with van der Waals surface area (Å²) in [6.07, 6.45) is 11.5. The van der Waals surface area contributed by atoms with Gasteiger partial charge in [0.1, 0.15) is 0 Å². The van der Waals surface area contributed by atoms with Crippen LogP contribution in [0.3, 0.4) is 0 Å². The first-order valence-electron chi connectivity index (χ1n) is 12.0. The minimum absolute atomic E-state index is 0.0644. The fourth-order valence-electron chi connectivity index (χ4n) is 4.99. The van der Waals surface area contributed by atoms with Gasteiger partial charge in [0.05, 0.1) is 11.7 Å². The van der Waals surface area contributed by atoms with Crippen LogP contribution in [-0.4, -0.2) is 51.9 Å². The summed E-state index contributed by atoms with van der Waals surface area (Å²) in [4.78, 5) is 26.7. The second-order valence-corrected chi connectivity index (χ2v) is 9.43. The first-order chi connectivity index (χ1) is 15.6. The van der Waals surface area contributed by atoms with Gasteiger partial charge in [-0.2, -0.15) is 0 Å². The molecule has 1 aromatic heterocycles. The van der Waals surface area contributed by atoms with Gasteiger partial charge in [0.15, 0.2) is 0 Å². The van der Waals surface area contributed by atoms with E-state index in [1.165, 1.54) is 38.8 Å². The fraction of sp³-hybridized carbons (Fsp3) is 0.560. The summed E-state index contributed by atoms with van der Waals surface area (Å²) in [5.41, 5.74) is 8.74. The Kier molecular flexibility index (Phi) is 7.98. The van der Waals surface area contributed by atoms with Crippen molar-refractivity contribution in [2.45, 2.75) is 63.8 Å². The molecule has 6 nitrogen and oxygen atoms in total. The molecule has 4 rings (SSSR count). The van der Waals surface area contributed by atoms with E-state index in [0.29, 0.717) is 11.4 Å². The first-order valence-corrected chi connectivity index (χ1v) is 12.4. The Bertz CT molecular complexity index is 896. The van der Waals surface area contributed by atoms with E-state index in [9.17, 15) is 4.79 Å². The van der Waals surface area contributed by atoms with E-state index >= 15 is 0 Å². The molecular formula is C25H34ClN5O. The van der Waals surface area contributed by atoms with Gasteiger partial charge in [-0.1, -0.05) is 36.6 Å². The maximum atomic E-state index is 13.3. The van der Waals surface area contributed by atoms with Crippen molar-refractivity contribution in [2.24, 2.45) is 0 Å². The third-order valence-electron chi connectivity index (χ3n) is 6.69. The number of nitrogen functional groups attached to an aromatic ring is 1. The number of aromatic nitrogens is 2. The van der Waals surface area contributed by atoms with Gasteiger partial charge in [-0.25, -0.2) is 9.97 Å². The maximum absolute atomic E-state index is 13.3.